The van der Waals surface area contributed by atoms with Gasteiger partial charge < -0.3 is 14.8 Å². The number of sulfonamides is 1. The van der Waals surface area contributed by atoms with E-state index in [-0.39, 0.29) is 17.4 Å². The zero-order chi connectivity index (χ0) is 21.6. The number of carbonyl (C=O) groups is 1. The van der Waals surface area contributed by atoms with Crippen LogP contribution in [0, 0.1) is 6.92 Å². The predicted octanol–water partition coefficient (Wildman–Crippen LogP) is 3.82. The Hall–Kier alpha value is -3.52. The second kappa shape index (κ2) is 9.32. The molecule has 0 aromatic heterocycles. The Bertz CT molecular complexity index is 1110. The quantitative estimate of drug-likeness (QED) is 0.571. The second-order valence-electron chi connectivity index (χ2n) is 6.51. The van der Waals surface area contributed by atoms with Gasteiger partial charge in [0.1, 0.15) is 11.5 Å². The van der Waals surface area contributed by atoms with Gasteiger partial charge in [0.25, 0.3) is 15.9 Å². The Morgan fingerprint density at radius 3 is 2.20 bits per heavy atom. The number of amides is 1. The molecular weight excluding hydrogens is 404 g/mol. The monoisotopic (exact) mass is 426 g/mol. The number of ether oxygens (including phenoxy) is 2. The van der Waals surface area contributed by atoms with Gasteiger partial charge in [-0.2, -0.15) is 0 Å². The van der Waals surface area contributed by atoms with E-state index in [0.717, 1.165) is 5.56 Å². The normalized spacial score (nSPS) is 10.9. The van der Waals surface area contributed by atoms with Crippen molar-refractivity contribution in [3.8, 4) is 11.5 Å². The van der Waals surface area contributed by atoms with Crippen molar-refractivity contribution in [1.82, 2.24) is 0 Å². The van der Waals surface area contributed by atoms with E-state index in [0.29, 0.717) is 22.9 Å². The zero-order valence-electron chi connectivity index (χ0n) is 16.6. The van der Waals surface area contributed by atoms with Gasteiger partial charge in [-0.1, -0.05) is 12.1 Å². The lowest BCUT2D eigenvalue weighted by Crippen LogP contribution is -2.20. The minimum atomic E-state index is -3.72. The molecule has 30 heavy (non-hydrogen) atoms. The number of carbonyl (C=O) groups excluding carboxylic acids is 1. The molecule has 0 heterocycles. The number of nitrogens with one attached hydrogen (secondary N) is 2. The lowest BCUT2D eigenvalue weighted by atomic mass is 10.2. The van der Waals surface area contributed by atoms with Gasteiger partial charge in [-0.3, -0.25) is 9.52 Å². The molecule has 2 N–H and O–H groups in total. The van der Waals surface area contributed by atoms with Gasteiger partial charge >= 0.3 is 0 Å². The summed E-state index contributed by atoms with van der Waals surface area (Å²) in [6.07, 6.45) is 0. The van der Waals surface area contributed by atoms with Crippen molar-refractivity contribution in [2.75, 3.05) is 23.8 Å². The van der Waals surface area contributed by atoms with Crippen LogP contribution in [0.15, 0.2) is 77.7 Å². The highest BCUT2D eigenvalue weighted by Crippen LogP contribution is 2.20. The van der Waals surface area contributed by atoms with E-state index in [1.165, 1.54) is 24.3 Å². The minimum absolute atomic E-state index is 0.0963. The van der Waals surface area contributed by atoms with Crippen LogP contribution in [0.2, 0.25) is 0 Å². The van der Waals surface area contributed by atoms with Gasteiger partial charge in [-0.15, -0.1) is 0 Å². The van der Waals surface area contributed by atoms with Gasteiger partial charge in [-0.05, 0) is 73.2 Å². The molecule has 0 radical (unpaired) electrons. The molecule has 0 unspecified atom stereocenters. The van der Waals surface area contributed by atoms with Crippen molar-refractivity contribution < 1.29 is 22.7 Å². The molecule has 0 fully saturated rings. The highest BCUT2D eigenvalue weighted by atomic mass is 32.2. The first-order valence-electron chi connectivity index (χ1n) is 9.12. The average Bonchev–Trinajstić information content (AvgIpc) is 2.73. The molecule has 1 amide bonds. The van der Waals surface area contributed by atoms with Crippen LogP contribution in [-0.2, 0) is 14.8 Å². The van der Waals surface area contributed by atoms with Crippen molar-refractivity contribution in [3.05, 3.63) is 78.4 Å². The summed E-state index contributed by atoms with van der Waals surface area (Å²) in [5.74, 6) is 0.739. The summed E-state index contributed by atoms with van der Waals surface area (Å²) in [7, 11) is -2.15. The van der Waals surface area contributed by atoms with Crippen LogP contribution in [0.1, 0.15) is 5.56 Å². The van der Waals surface area contributed by atoms with Crippen LogP contribution < -0.4 is 19.5 Å². The number of hydrogen-bond donors (Lipinski definition) is 2. The molecule has 0 saturated carbocycles. The van der Waals surface area contributed by atoms with Crippen LogP contribution in [0.5, 0.6) is 11.5 Å². The van der Waals surface area contributed by atoms with E-state index in [2.05, 4.69) is 10.0 Å². The number of aryl methyl sites for hydroxylation is 1. The summed E-state index contributed by atoms with van der Waals surface area (Å²) in [4.78, 5) is 12.1. The molecule has 0 aliphatic heterocycles. The molecule has 0 aliphatic rings. The molecule has 0 spiro atoms. The molecule has 0 saturated heterocycles. The Balaban J connectivity index is 1.56. The Morgan fingerprint density at radius 2 is 1.57 bits per heavy atom. The van der Waals surface area contributed by atoms with Crippen molar-refractivity contribution in [2.45, 2.75) is 11.8 Å². The summed E-state index contributed by atoms with van der Waals surface area (Å²) in [5.41, 5.74) is 2.06. The maximum absolute atomic E-state index is 12.5. The number of methoxy groups -OCH3 is 1. The fraction of sp³-hybridized carbons (Fsp3) is 0.136. The van der Waals surface area contributed by atoms with Gasteiger partial charge in [-0.25, -0.2) is 8.42 Å². The molecule has 3 rings (SSSR count). The van der Waals surface area contributed by atoms with Crippen molar-refractivity contribution in [2.24, 2.45) is 0 Å². The average molecular weight is 426 g/mol. The summed E-state index contributed by atoms with van der Waals surface area (Å²) < 4.78 is 38.1. The first-order valence-corrected chi connectivity index (χ1v) is 10.6. The Labute approximate surface area is 175 Å². The third-order valence-corrected chi connectivity index (χ3v) is 5.55. The van der Waals surface area contributed by atoms with Gasteiger partial charge in [0.15, 0.2) is 6.61 Å². The standard InChI is InChI=1S/C22H22N2O5S/c1-16-4-3-5-18(14-16)24-30(26,27)21-12-10-20(11-13-21)29-15-22(25)23-17-6-8-19(28-2)9-7-17/h3-14,24H,15H2,1-2H3,(H,23,25). The van der Waals surface area contributed by atoms with Crippen molar-refractivity contribution >= 4 is 27.3 Å². The van der Waals surface area contributed by atoms with Crippen LogP contribution in [0.25, 0.3) is 0 Å². The maximum Gasteiger partial charge on any atom is 0.262 e. The SMILES string of the molecule is COc1ccc(NC(=O)COc2ccc(S(=O)(=O)Nc3cccc(C)c3)cc2)cc1. The first-order chi connectivity index (χ1) is 14.4. The molecule has 3 aromatic rings. The Kier molecular flexibility index (Phi) is 6.58. The molecule has 156 valence electrons. The summed E-state index contributed by atoms with van der Waals surface area (Å²) in [6.45, 7) is 1.67. The fourth-order valence-electron chi connectivity index (χ4n) is 2.66. The van der Waals surface area contributed by atoms with E-state index in [9.17, 15) is 13.2 Å². The maximum atomic E-state index is 12.5. The first kappa shape index (κ1) is 21.2. The van der Waals surface area contributed by atoms with Crippen LogP contribution in [0.4, 0.5) is 11.4 Å². The summed E-state index contributed by atoms with van der Waals surface area (Å²) >= 11 is 0. The Morgan fingerprint density at radius 1 is 0.900 bits per heavy atom. The molecule has 7 nitrogen and oxygen atoms in total. The van der Waals surface area contributed by atoms with Crippen molar-refractivity contribution in [1.29, 1.82) is 0 Å². The highest BCUT2D eigenvalue weighted by molar-refractivity contribution is 7.92. The number of benzene rings is 3. The predicted molar refractivity (Wildman–Crippen MR) is 116 cm³/mol. The van der Waals surface area contributed by atoms with Crippen LogP contribution in [-0.4, -0.2) is 28.0 Å². The molecular formula is C22H22N2O5S. The number of anilines is 2. The largest absolute Gasteiger partial charge is 0.497 e. The summed E-state index contributed by atoms with van der Waals surface area (Å²) in [6, 6.07) is 19.9. The van der Waals surface area contributed by atoms with Gasteiger partial charge in [0.2, 0.25) is 0 Å². The number of rotatable bonds is 8. The zero-order valence-corrected chi connectivity index (χ0v) is 17.4. The fourth-order valence-corrected chi connectivity index (χ4v) is 3.71. The van der Waals surface area contributed by atoms with Crippen LogP contribution in [0.3, 0.4) is 0 Å². The van der Waals surface area contributed by atoms with Gasteiger partial charge in [0.05, 0.1) is 12.0 Å². The molecule has 0 aliphatic carbocycles. The summed E-state index contributed by atoms with van der Waals surface area (Å²) in [5, 5.41) is 2.71. The highest BCUT2D eigenvalue weighted by Gasteiger charge is 2.14. The van der Waals surface area contributed by atoms with E-state index < -0.39 is 10.0 Å². The third kappa shape index (κ3) is 5.74. The second-order valence-corrected chi connectivity index (χ2v) is 8.19. The third-order valence-electron chi connectivity index (χ3n) is 4.15. The van der Waals surface area contributed by atoms with E-state index >= 15 is 0 Å². The smallest absolute Gasteiger partial charge is 0.262 e. The molecule has 3 aromatic carbocycles. The number of hydrogen-bond acceptors (Lipinski definition) is 5. The molecule has 8 heteroatoms. The topological polar surface area (TPSA) is 93.7 Å². The van der Waals surface area contributed by atoms with E-state index in [4.69, 9.17) is 9.47 Å². The van der Waals surface area contributed by atoms with E-state index in [1.54, 1.807) is 49.6 Å². The van der Waals surface area contributed by atoms with Crippen LogP contribution >= 0.6 is 0 Å². The molecule has 0 bridgehead atoms. The lowest BCUT2D eigenvalue weighted by molar-refractivity contribution is -0.118. The molecule has 0 atom stereocenters. The lowest BCUT2D eigenvalue weighted by Gasteiger charge is -2.10. The van der Waals surface area contributed by atoms with Gasteiger partial charge in [0, 0.05) is 11.4 Å². The van der Waals surface area contributed by atoms with E-state index in [1.807, 2.05) is 13.0 Å². The van der Waals surface area contributed by atoms with Crippen molar-refractivity contribution in [3.63, 3.8) is 0 Å². The minimum Gasteiger partial charge on any atom is -0.497 e.